The Bertz CT molecular complexity index is 2930. The Morgan fingerprint density at radius 1 is 0.697 bits per heavy atom. The summed E-state index contributed by atoms with van der Waals surface area (Å²) in [7, 11) is -5.46. The molecule has 350 valence electrons. The molecule has 0 radical (unpaired) electrons. The largest absolute Gasteiger partial charge is 0.496 e. The number of aromatic nitrogens is 4. The van der Waals surface area contributed by atoms with Crippen LogP contribution < -0.4 is 26.4 Å². The normalized spacial score (nSPS) is 11.2. The van der Waals surface area contributed by atoms with Gasteiger partial charge in [-0.1, -0.05) is 53.5 Å². The van der Waals surface area contributed by atoms with E-state index in [1.165, 1.54) is 55.9 Å². The Balaban J connectivity index is 0.000000239. The van der Waals surface area contributed by atoms with Crippen LogP contribution in [0.15, 0.2) is 107 Å². The molecule has 6 aromatic rings. The quantitative estimate of drug-likeness (QED) is 0.0423. The summed E-state index contributed by atoms with van der Waals surface area (Å²) in [5, 5.41) is 29.7. The van der Waals surface area contributed by atoms with Crippen molar-refractivity contribution >= 4 is 94.8 Å². The average molecular weight is 1000 g/mol. The van der Waals surface area contributed by atoms with Gasteiger partial charge in [0.2, 0.25) is 11.2 Å². The molecule has 0 atom stereocenters. The SMILES string of the molecule is CC(C)S(=O)(=O)c1ccccc1Nc1nc(Cl)ncc1Cl.COc1ccc([N+](=O)[O-])cc1CN.Cc1ccc([N+](=O)[O-])cc1CNc1ncc(Cl)c(Nc2ccccc2S(=O)(=O)C(C)C)n1. The van der Waals surface area contributed by atoms with Crippen molar-refractivity contribution in [1.29, 1.82) is 0 Å². The summed E-state index contributed by atoms with van der Waals surface area (Å²) in [6, 6.07) is 22.0. The first-order chi connectivity index (χ1) is 31.1. The Morgan fingerprint density at radius 3 is 1.65 bits per heavy atom. The first-order valence-electron chi connectivity index (χ1n) is 19.5. The number of para-hydroxylation sites is 2. The zero-order chi connectivity index (χ0) is 48.9. The molecule has 0 unspecified atom stereocenters. The number of hydrogen-bond acceptors (Lipinski definition) is 17. The smallest absolute Gasteiger partial charge is 0.270 e. The van der Waals surface area contributed by atoms with Crippen molar-refractivity contribution in [2.75, 3.05) is 23.1 Å². The summed E-state index contributed by atoms with van der Waals surface area (Å²) in [4.78, 5) is 37.0. The number of hydrogen-bond donors (Lipinski definition) is 4. The highest BCUT2D eigenvalue weighted by Crippen LogP contribution is 2.32. The van der Waals surface area contributed by atoms with Gasteiger partial charge in [-0.05, 0) is 87.7 Å². The lowest BCUT2D eigenvalue weighted by Crippen LogP contribution is -2.15. The van der Waals surface area contributed by atoms with Crippen molar-refractivity contribution in [2.24, 2.45) is 5.73 Å². The van der Waals surface area contributed by atoms with E-state index in [1.54, 1.807) is 76.2 Å². The highest BCUT2D eigenvalue weighted by atomic mass is 35.5. The maximum Gasteiger partial charge on any atom is 0.270 e. The summed E-state index contributed by atoms with van der Waals surface area (Å²) >= 11 is 17.9. The van der Waals surface area contributed by atoms with Crippen LogP contribution in [-0.2, 0) is 32.8 Å². The number of methoxy groups -OCH3 is 1. The fraction of sp³-hybridized carbons (Fsp3) is 0.238. The van der Waals surface area contributed by atoms with E-state index in [0.29, 0.717) is 22.7 Å². The predicted octanol–water partition coefficient (Wildman–Crippen LogP) is 9.66. The first kappa shape index (κ1) is 52.4. The fourth-order valence-electron chi connectivity index (χ4n) is 5.55. The number of nitrogens with one attached hydrogen (secondary N) is 3. The number of benzene rings is 4. The maximum absolute atomic E-state index is 12.7. The van der Waals surface area contributed by atoms with Gasteiger partial charge in [0.1, 0.15) is 15.8 Å². The minimum absolute atomic E-state index is 0.00486. The third-order valence-electron chi connectivity index (χ3n) is 9.27. The van der Waals surface area contributed by atoms with Crippen LogP contribution in [0.2, 0.25) is 15.3 Å². The third kappa shape index (κ3) is 13.7. The van der Waals surface area contributed by atoms with Crippen molar-refractivity contribution < 1.29 is 31.4 Å². The number of anilines is 5. The molecule has 0 amide bonds. The number of nitro benzene ring substituents is 2. The zero-order valence-corrected chi connectivity index (χ0v) is 40.1. The van der Waals surface area contributed by atoms with E-state index >= 15 is 0 Å². The minimum Gasteiger partial charge on any atom is -0.496 e. The second kappa shape index (κ2) is 23.3. The van der Waals surface area contributed by atoms with Gasteiger partial charge in [0, 0.05) is 42.9 Å². The van der Waals surface area contributed by atoms with Crippen LogP contribution in [0.3, 0.4) is 0 Å². The Morgan fingerprint density at radius 2 is 1.17 bits per heavy atom. The van der Waals surface area contributed by atoms with Gasteiger partial charge in [-0.25, -0.2) is 26.8 Å². The van der Waals surface area contributed by atoms with Crippen molar-refractivity contribution in [2.45, 2.75) is 68.0 Å². The van der Waals surface area contributed by atoms with Gasteiger partial charge in [-0.2, -0.15) is 9.97 Å². The molecule has 0 fully saturated rings. The van der Waals surface area contributed by atoms with Gasteiger partial charge in [0.05, 0.1) is 61.0 Å². The number of nitro groups is 2. The Labute approximate surface area is 396 Å². The lowest BCUT2D eigenvalue weighted by Gasteiger charge is -2.15. The van der Waals surface area contributed by atoms with E-state index in [9.17, 15) is 37.1 Å². The fourth-order valence-corrected chi connectivity index (χ4v) is 8.36. The number of rotatable bonds is 15. The number of aryl methyl sites for hydroxylation is 1. The number of halogens is 3. The summed E-state index contributed by atoms with van der Waals surface area (Å²) in [5.74, 6) is 1.29. The number of sulfone groups is 2. The van der Waals surface area contributed by atoms with Crippen molar-refractivity contribution in [3.8, 4) is 5.75 Å². The number of nitrogens with two attached hydrogens (primary N) is 1. The van der Waals surface area contributed by atoms with Crippen LogP contribution in [0.5, 0.6) is 5.75 Å². The third-order valence-corrected chi connectivity index (χ3v) is 14.4. The maximum atomic E-state index is 12.7. The first-order valence-corrected chi connectivity index (χ1v) is 23.7. The molecule has 0 saturated heterocycles. The van der Waals surface area contributed by atoms with Crippen LogP contribution in [0.4, 0.5) is 40.3 Å². The Kier molecular flexibility index (Phi) is 18.5. The summed E-state index contributed by atoms with van der Waals surface area (Å²) < 4.78 is 55.1. The van der Waals surface area contributed by atoms with E-state index in [0.717, 1.165) is 11.1 Å². The molecule has 0 spiro atoms. The van der Waals surface area contributed by atoms with Crippen LogP contribution >= 0.6 is 34.8 Å². The van der Waals surface area contributed by atoms with Crippen LogP contribution in [0.1, 0.15) is 44.4 Å². The highest BCUT2D eigenvalue weighted by Gasteiger charge is 2.24. The summed E-state index contributed by atoms with van der Waals surface area (Å²) in [6.45, 7) is 8.81. The number of non-ortho nitro benzene ring substituents is 2. The molecule has 0 bridgehead atoms. The van der Waals surface area contributed by atoms with E-state index in [4.69, 9.17) is 45.3 Å². The van der Waals surface area contributed by atoms with Gasteiger partial charge in [-0.3, -0.25) is 20.2 Å². The molecular weight excluding hydrogens is 959 g/mol. The van der Waals surface area contributed by atoms with Crippen LogP contribution in [-0.4, -0.2) is 64.2 Å². The second-order valence-corrected chi connectivity index (χ2v) is 20.4. The van der Waals surface area contributed by atoms with E-state index in [-0.39, 0.29) is 67.2 Å². The standard InChI is InChI=1S/C21H22ClN5O4S.C13H13Cl2N3O2S.C8H10N2O3/c1-13(2)32(30,31)19-7-5-4-6-18(19)25-20-17(22)12-24-21(26-20)23-11-15-10-16(27(28)29)9-8-14(15)3;1-8(2)21(19,20)11-6-4-3-5-10(11)17-12-9(14)7-16-13(15)18-12;1-13-8-3-2-7(10(11)12)4-6(8)5-9/h4-10,12-13H,11H2,1-3H3,(H2,23,24,25,26);3-8H,1-2H3,(H,16,17,18);2-4H,5,9H2,1H3. The van der Waals surface area contributed by atoms with Crippen LogP contribution in [0.25, 0.3) is 0 Å². The molecule has 5 N–H and O–H groups in total. The summed E-state index contributed by atoms with van der Waals surface area (Å²) in [6.07, 6.45) is 2.73. The summed E-state index contributed by atoms with van der Waals surface area (Å²) in [5.41, 5.74) is 8.39. The number of nitrogens with zero attached hydrogens (tertiary/aromatic N) is 6. The van der Waals surface area contributed by atoms with Crippen molar-refractivity contribution in [1.82, 2.24) is 19.9 Å². The molecule has 0 saturated carbocycles. The lowest BCUT2D eigenvalue weighted by molar-refractivity contribution is -0.385. The molecule has 4 aromatic carbocycles. The second-order valence-electron chi connectivity index (χ2n) is 14.3. The molecule has 2 heterocycles. The molecule has 6 rings (SSSR count). The van der Waals surface area contributed by atoms with Crippen molar-refractivity contribution in [3.63, 3.8) is 0 Å². The topological polar surface area (TPSA) is 277 Å². The predicted molar refractivity (Wildman–Crippen MR) is 256 cm³/mol. The molecule has 24 heteroatoms. The molecule has 0 aliphatic rings. The van der Waals surface area contributed by atoms with Crippen molar-refractivity contribution in [3.05, 3.63) is 150 Å². The van der Waals surface area contributed by atoms with E-state index < -0.39 is 40.0 Å². The molecular formula is C42H45Cl3N10O9S2. The van der Waals surface area contributed by atoms with Gasteiger partial charge in [0.15, 0.2) is 31.3 Å². The Hall–Kier alpha value is -6.23. The number of ether oxygens (including phenoxy) is 1. The highest BCUT2D eigenvalue weighted by molar-refractivity contribution is 7.92. The minimum atomic E-state index is -3.53. The van der Waals surface area contributed by atoms with E-state index in [2.05, 4.69) is 35.9 Å². The van der Waals surface area contributed by atoms with Gasteiger partial charge in [0.25, 0.3) is 11.4 Å². The monoisotopic (exact) mass is 1000 g/mol. The molecule has 66 heavy (non-hydrogen) atoms. The van der Waals surface area contributed by atoms with Crippen LogP contribution in [0, 0.1) is 27.2 Å². The van der Waals surface area contributed by atoms with Gasteiger partial charge < -0.3 is 26.4 Å². The average Bonchev–Trinajstić information content (AvgIpc) is 3.28. The molecule has 0 aliphatic carbocycles. The molecule has 2 aromatic heterocycles. The van der Waals surface area contributed by atoms with Gasteiger partial charge in [-0.15, -0.1) is 0 Å². The zero-order valence-electron chi connectivity index (χ0n) is 36.2. The lowest BCUT2D eigenvalue weighted by atomic mass is 10.1. The van der Waals surface area contributed by atoms with E-state index in [1.807, 2.05) is 6.92 Å². The van der Waals surface area contributed by atoms with Gasteiger partial charge >= 0.3 is 0 Å². The molecule has 19 nitrogen and oxygen atoms in total. The molecule has 0 aliphatic heterocycles.